The van der Waals surface area contributed by atoms with Gasteiger partial charge in [-0.25, -0.2) is 4.79 Å². The van der Waals surface area contributed by atoms with Crippen LogP contribution in [0.4, 0.5) is 0 Å². The largest absolute Gasteiger partial charge is 0.496 e. The van der Waals surface area contributed by atoms with Gasteiger partial charge in [-0.2, -0.15) is 0 Å². The molecule has 3 heterocycles. The second kappa shape index (κ2) is 12.2. The molecule has 0 amide bonds. The zero-order valence-corrected chi connectivity index (χ0v) is 25.6. The Hall–Kier alpha value is -2.47. The molecule has 2 aromatic heterocycles. The fourth-order valence-corrected chi connectivity index (χ4v) is 7.40. The highest BCUT2D eigenvalue weighted by Gasteiger charge is 2.39. The van der Waals surface area contributed by atoms with Crippen molar-refractivity contribution in [2.24, 2.45) is 5.92 Å². The summed E-state index contributed by atoms with van der Waals surface area (Å²) in [6.07, 6.45) is 2.88. The van der Waals surface area contributed by atoms with Crippen LogP contribution in [0.5, 0.6) is 5.75 Å². The molecule has 9 nitrogen and oxygen atoms in total. The number of nitrogens with zero attached hydrogens (tertiary/aromatic N) is 2. The molecule has 40 heavy (non-hydrogen) atoms. The summed E-state index contributed by atoms with van der Waals surface area (Å²) >= 11 is 4.96. The predicted octanol–water partition coefficient (Wildman–Crippen LogP) is 5.14. The van der Waals surface area contributed by atoms with Gasteiger partial charge in [0.2, 0.25) is 0 Å². The highest BCUT2D eigenvalue weighted by Crippen LogP contribution is 2.39. The first-order valence-electron chi connectivity index (χ1n) is 13.6. The lowest BCUT2D eigenvalue weighted by Crippen LogP contribution is -2.47. The van der Waals surface area contributed by atoms with Crippen LogP contribution in [0.2, 0.25) is 0 Å². The molecule has 0 bridgehead atoms. The van der Waals surface area contributed by atoms with Crippen molar-refractivity contribution in [3.63, 3.8) is 0 Å². The van der Waals surface area contributed by atoms with Crippen molar-refractivity contribution in [3.8, 4) is 5.75 Å². The number of carbonyl (C=O) groups excluding carboxylic acids is 1. The van der Waals surface area contributed by atoms with E-state index in [1.54, 1.807) is 11.7 Å². The third-order valence-corrected chi connectivity index (χ3v) is 10.3. The fourth-order valence-electron chi connectivity index (χ4n) is 5.71. The number of thiophene rings is 1. The number of methoxy groups -OCH3 is 2. The number of hydrogen-bond donors (Lipinski definition) is 0. The first kappa shape index (κ1) is 29.0. The molecule has 1 aromatic carbocycles. The molecule has 11 heteroatoms. The second-order valence-corrected chi connectivity index (χ2v) is 12.9. The molecule has 3 atom stereocenters. The van der Waals surface area contributed by atoms with Gasteiger partial charge >= 0.3 is 11.7 Å². The van der Waals surface area contributed by atoms with E-state index < -0.39 is 11.8 Å². The Morgan fingerprint density at radius 1 is 1.18 bits per heavy atom. The van der Waals surface area contributed by atoms with Crippen LogP contribution in [-0.4, -0.2) is 48.1 Å². The number of esters is 1. The molecular weight excluding hydrogens is 600 g/mol. The summed E-state index contributed by atoms with van der Waals surface area (Å²) in [6.45, 7) is 4.76. The number of benzene rings is 1. The maximum Gasteiger partial charge on any atom is 0.332 e. The van der Waals surface area contributed by atoms with Crippen LogP contribution in [-0.2, 0) is 25.5 Å². The lowest BCUT2D eigenvalue weighted by Gasteiger charge is -2.34. The number of ether oxygens (including phenoxy) is 4. The van der Waals surface area contributed by atoms with Gasteiger partial charge in [0.1, 0.15) is 16.7 Å². The number of aryl methyl sites for hydroxylation is 1. The SMILES string of the molecule is COc1ccccc1[C@H](Cn1c(=O)n([C@H]2C[C@@H](C(=O)OC)C2)c(=O)c2c(C)c(Br)sc21)OC1CCO[C@@H](C)CC1. The van der Waals surface area contributed by atoms with E-state index in [2.05, 4.69) is 22.9 Å². The van der Waals surface area contributed by atoms with Crippen LogP contribution in [0, 0.1) is 12.8 Å². The first-order valence-corrected chi connectivity index (χ1v) is 15.3. The normalized spacial score (nSPS) is 23.8. The van der Waals surface area contributed by atoms with Crippen molar-refractivity contribution in [1.82, 2.24) is 9.13 Å². The Morgan fingerprint density at radius 3 is 2.65 bits per heavy atom. The molecule has 1 saturated carbocycles. The molecule has 1 aliphatic carbocycles. The van der Waals surface area contributed by atoms with Crippen molar-refractivity contribution < 1.29 is 23.7 Å². The Bertz CT molecular complexity index is 1510. The van der Waals surface area contributed by atoms with Crippen molar-refractivity contribution in [3.05, 3.63) is 60.0 Å². The maximum atomic E-state index is 14.1. The van der Waals surface area contributed by atoms with Gasteiger partial charge in [-0.05, 0) is 73.5 Å². The molecule has 1 aliphatic heterocycles. The summed E-state index contributed by atoms with van der Waals surface area (Å²) in [5.74, 6) is 0.0450. The molecule has 0 spiro atoms. The summed E-state index contributed by atoms with van der Waals surface area (Å²) in [4.78, 5) is 40.5. The van der Waals surface area contributed by atoms with Crippen LogP contribution in [0.15, 0.2) is 37.6 Å². The molecule has 1 unspecified atom stereocenters. The van der Waals surface area contributed by atoms with Crippen molar-refractivity contribution >= 4 is 43.5 Å². The smallest absolute Gasteiger partial charge is 0.332 e. The summed E-state index contributed by atoms with van der Waals surface area (Å²) in [6, 6.07) is 7.30. The molecule has 2 fully saturated rings. The zero-order valence-electron chi connectivity index (χ0n) is 23.2. The minimum Gasteiger partial charge on any atom is -0.496 e. The van der Waals surface area contributed by atoms with Gasteiger partial charge in [-0.3, -0.25) is 18.7 Å². The standard InChI is InChI=1S/C29H35BrN2O7S/c1-16-9-10-20(11-12-38-16)39-23(21-7-5-6-8-22(21)36-3)15-31-27-24(17(2)25(30)40-27)26(33)32(29(31)35)19-13-18(14-19)28(34)37-4/h5-8,16,18-20,23H,9-15H2,1-4H3/t16-,18-,19+,20?,23-/m0/s1. The van der Waals surface area contributed by atoms with Gasteiger partial charge in [-0.1, -0.05) is 18.2 Å². The molecule has 0 radical (unpaired) electrons. The topological polar surface area (TPSA) is 98.0 Å². The molecule has 3 aromatic rings. The Kier molecular flexibility index (Phi) is 8.84. The minimum absolute atomic E-state index is 0.0544. The van der Waals surface area contributed by atoms with Gasteiger partial charge in [0.25, 0.3) is 5.56 Å². The van der Waals surface area contributed by atoms with Gasteiger partial charge in [0.05, 0.1) is 48.1 Å². The van der Waals surface area contributed by atoms with Crippen molar-refractivity contribution in [2.75, 3.05) is 20.8 Å². The predicted molar refractivity (Wildman–Crippen MR) is 156 cm³/mol. The minimum atomic E-state index is -0.508. The van der Waals surface area contributed by atoms with E-state index >= 15 is 0 Å². The van der Waals surface area contributed by atoms with Crippen molar-refractivity contribution in [1.29, 1.82) is 0 Å². The lowest BCUT2D eigenvalue weighted by atomic mass is 9.80. The molecule has 216 valence electrons. The maximum absolute atomic E-state index is 14.1. The quantitative estimate of drug-likeness (QED) is 0.316. The van der Waals surface area contributed by atoms with E-state index in [9.17, 15) is 14.4 Å². The number of rotatable bonds is 8. The highest BCUT2D eigenvalue weighted by molar-refractivity contribution is 9.11. The summed E-state index contributed by atoms with van der Waals surface area (Å²) in [7, 11) is 2.97. The average molecular weight is 636 g/mol. The molecule has 5 rings (SSSR count). The van der Waals surface area contributed by atoms with Crippen LogP contribution in [0.1, 0.15) is 62.3 Å². The van der Waals surface area contributed by atoms with Gasteiger partial charge in [0, 0.05) is 18.2 Å². The average Bonchev–Trinajstić information content (AvgIpc) is 3.07. The van der Waals surface area contributed by atoms with E-state index in [0.717, 1.165) is 34.2 Å². The van der Waals surface area contributed by atoms with E-state index in [4.69, 9.17) is 18.9 Å². The Morgan fingerprint density at radius 2 is 1.93 bits per heavy atom. The van der Waals surface area contributed by atoms with Gasteiger partial charge in [0.15, 0.2) is 0 Å². The number of carbonyl (C=O) groups is 1. The fraction of sp³-hybridized carbons (Fsp3) is 0.552. The summed E-state index contributed by atoms with van der Waals surface area (Å²) < 4.78 is 27.0. The van der Waals surface area contributed by atoms with E-state index in [1.165, 1.54) is 23.0 Å². The van der Waals surface area contributed by atoms with Gasteiger partial charge in [-0.15, -0.1) is 11.3 Å². The van der Waals surface area contributed by atoms with E-state index in [0.29, 0.717) is 35.4 Å². The summed E-state index contributed by atoms with van der Waals surface area (Å²) in [5.41, 5.74) is 0.901. The molecule has 1 saturated heterocycles. The number of aromatic nitrogens is 2. The monoisotopic (exact) mass is 634 g/mol. The first-order chi connectivity index (χ1) is 19.2. The Labute approximate surface area is 245 Å². The van der Waals surface area contributed by atoms with Crippen molar-refractivity contribution in [2.45, 2.75) is 76.9 Å². The molecular formula is C29H35BrN2O7S. The molecule has 2 aliphatic rings. The van der Waals surface area contributed by atoms with Crippen LogP contribution in [0.25, 0.3) is 10.2 Å². The third-order valence-electron chi connectivity index (χ3n) is 8.13. The lowest BCUT2D eigenvalue weighted by molar-refractivity contribution is -0.149. The van der Waals surface area contributed by atoms with E-state index in [-0.39, 0.29) is 42.2 Å². The van der Waals surface area contributed by atoms with Crippen LogP contribution < -0.4 is 16.0 Å². The highest BCUT2D eigenvalue weighted by atomic mass is 79.9. The molecule has 0 N–H and O–H groups in total. The van der Waals surface area contributed by atoms with E-state index in [1.807, 2.05) is 31.2 Å². The van der Waals surface area contributed by atoms with Gasteiger partial charge < -0.3 is 18.9 Å². The van der Waals surface area contributed by atoms with Crippen LogP contribution in [0.3, 0.4) is 0 Å². The van der Waals surface area contributed by atoms with Crippen LogP contribution >= 0.6 is 27.3 Å². The second-order valence-electron chi connectivity index (χ2n) is 10.6. The third kappa shape index (κ3) is 5.53. The number of halogens is 1. The summed E-state index contributed by atoms with van der Waals surface area (Å²) in [5, 5.41) is 0.508. The Balaban J connectivity index is 1.59. The number of para-hydroxylation sites is 1. The zero-order chi connectivity index (χ0) is 28.6. The number of hydrogen-bond acceptors (Lipinski definition) is 8. The number of fused-ring (bicyclic) bond motifs is 1.